The fourth-order valence-corrected chi connectivity index (χ4v) is 1.12. The van der Waals surface area contributed by atoms with Gasteiger partial charge in [0.2, 0.25) is 0 Å². The van der Waals surface area contributed by atoms with Crippen LogP contribution in [0.5, 0.6) is 11.5 Å². The van der Waals surface area contributed by atoms with Gasteiger partial charge < -0.3 is 15.1 Å². The van der Waals surface area contributed by atoms with Crippen molar-refractivity contribution in [3.63, 3.8) is 0 Å². The third kappa shape index (κ3) is 6.80. The molecule has 2 N–H and O–H groups in total. The van der Waals surface area contributed by atoms with Gasteiger partial charge in [-0.25, -0.2) is 0 Å². The summed E-state index contributed by atoms with van der Waals surface area (Å²) in [5, 5.41) is 17.3. The molecule has 0 fully saturated rings. The second kappa shape index (κ2) is 8.12. The highest BCUT2D eigenvalue weighted by Gasteiger charge is 1.89. The summed E-state index contributed by atoms with van der Waals surface area (Å²) in [7, 11) is 0. The molecule has 1 rings (SSSR count). The van der Waals surface area contributed by atoms with Crippen molar-refractivity contribution in [3.8, 4) is 11.5 Å². The first-order valence-electron chi connectivity index (χ1n) is 5.34. The predicted molar refractivity (Wildman–Crippen MR) is 63.2 cm³/mol. The number of phenols is 2. The molecule has 0 saturated heterocycles. The fourth-order valence-electron chi connectivity index (χ4n) is 1.12. The zero-order valence-electron chi connectivity index (χ0n) is 9.77. The third-order valence-corrected chi connectivity index (χ3v) is 2.19. The Morgan fingerprint density at radius 3 is 1.20 bits per heavy atom. The molecule has 1 aromatic rings. The molecule has 3 nitrogen and oxygen atoms in total. The Kier molecular flexibility index (Phi) is 7.46. The average Bonchev–Trinajstić information content (AvgIpc) is 2.26. The number of nitrogens with zero attached hydrogens (tertiary/aromatic N) is 1. The Balaban J connectivity index is 0.000000265. The van der Waals surface area contributed by atoms with Crippen molar-refractivity contribution >= 4 is 0 Å². The summed E-state index contributed by atoms with van der Waals surface area (Å²) in [5.74, 6) is 0.339. The summed E-state index contributed by atoms with van der Waals surface area (Å²) in [6.07, 6.45) is 0. The first-order valence-corrected chi connectivity index (χ1v) is 5.34. The first kappa shape index (κ1) is 13.8. The molecule has 0 aliphatic carbocycles. The molecule has 0 aromatic heterocycles. The molecule has 0 unspecified atom stereocenters. The topological polar surface area (TPSA) is 43.7 Å². The van der Waals surface area contributed by atoms with E-state index in [0.717, 1.165) is 0 Å². The van der Waals surface area contributed by atoms with Crippen molar-refractivity contribution < 1.29 is 10.2 Å². The highest BCUT2D eigenvalue weighted by atomic mass is 16.3. The second-order valence-corrected chi connectivity index (χ2v) is 3.14. The second-order valence-electron chi connectivity index (χ2n) is 3.14. The monoisotopic (exact) mass is 211 g/mol. The molecular weight excluding hydrogens is 190 g/mol. The number of aromatic hydroxyl groups is 2. The van der Waals surface area contributed by atoms with Gasteiger partial charge in [-0.15, -0.1) is 0 Å². The van der Waals surface area contributed by atoms with Crippen LogP contribution in [0.25, 0.3) is 0 Å². The van der Waals surface area contributed by atoms with Crippen molar-refractivity contribution in [2.24, 2.45) is 0 Å². The van der Waals surface area contributed by atoms with Crippen LogP contribution >= 0.6 is 0 Å². The van der Waals surface area contributed by atoms with Gasteiger partial charge in [-0.1, -0.05) is 20.8 Å². The summed E-state index contributed by atoms with van der Waals surface area (Å²) in [6.45, 7) is 10.1. The van der Waals surface area contributed by atoms with Crippen molar-refractivity contribution in [2.45, 2.75) is 20.8 Å². The van der Waals surface area contributed by atoms with Gasteiger partial charge in [0.1, 0.15) is 11.5 Å². The lowest BCUT2D eigenvalue weighted by Gasteiger charge is -2.13. The zero-order valence-corrected chi connectivity index (χ0v) is 9.77. The molecule has 0 amide bonds. The summed E-state index contributed by atoms with van der Waals surface area (Å²) in [4.78, 5) is 2.38. The molecule has 0 saturated carbocycles. The molecule has 1 aromatic carbocycles. The quantitative estimate of drug-likeness (QED) is 0.755. The first-order chi connectivity index (χ1) is 7.13. The minimum Gasteiger partial charge on any atom is -0.508 e. The van der Waals surface area contributed by atoms with E-state index in [9.17, 15) is 0 Å². The summed E-state index contributed by atoms with van der Waals surface area (Å²) >= 11 is 0. The summed E-state index contributed by atoms with van der Waals surface area (Å²) in [6, 6.07) is 5.70. The number of rotatable bonds is 3. The van der Waals surface area contributed by atoms with E-state index in [0.29, 0.717) is 0 Å². The minimum absolute atomic E-state index is 0.169. The lowest BCUT2D eigenvalue weighted by molar-refractivity contribution is 0.321. The number of hydrogen-bond donors (Lipinski definition) is 2. The fraction of sp³-hybridized carbons (Fsp3) is 0.500. The van der Waals surface area contributed by atoms with Crippen LogP contribution in [0.3, 0.4) is 0 Å². The van der Waals surface area contributed by atoms with Crippen LogP contribution in [-0.4, -0.2) is 34.7 Å². The van der Waals surface area contributed by atoms with Gasteiger partial charge in [-0.3, -0.25) is 0 Å². The van der Waals surface area contributed by atoms with Crippen LogP contribution < -0.4 is 0 Å². The van der Waals surface area contributed by atoms with E-state index in [2.05, 4.69) is 25.7 Å². The molecule has 0 atom stereocenters. The van der Waals surface area contributed by atoms with Crippen LogP contribution in [0.15, 0.2) is 24.3 Å². The number of hydrogen-bond acceptors (Lipinski definition) is 3. The summed E-state index contributed by atoms with van der Waals surface area (Å²) in [5.41, 5.74) is 0. The normalized spacial score (nSPS) is 9.60. The lowest BCUT2D eigenvalue weighted by atomic mass is 10.3. The van der Waals surface area contributed by atoms with Gasteiger partial charge >= 0.3 is 0 Å². The van der Waals surface area contributed by atoms with Gasteiger partial charge in [0.05, 0.1) is 0 Å². The predicted octanol–water partition coefficient (Wildman–Crippen LogP) is 2.45. The van der Waals surface area contributed by atoms with E-state index in [-0.39, 0.29) is 11.5 Å². The molecule has 86 valence electrons. The van der Waals surface area contributed by atoms with Crippen LogP contribution in [0.4, 0.5) is 0 Å². The number of benzene rings is 1. The van der Waals surface area contributed by atoms with Crippen LogP contribution in [0.1, 0.15) is 20.8 Å². The van der Waals surface area contributed by atoms with Crippen molar-refractivity contribution in [1.29, 1.82) is 0 Å². The van der Waals surface area contributed by atoms with E-state index >= 15 is 0 Å². The largest absolute Gasteiger partial charge is 0.508 e. The van der Waals surface area contributed by atoms with Gasteiger partial charge in [-0.05, 0) is 43.9 Å². The Labute approximate surface area is 92.0 Å². The van der Waals surface area contributed by atoms with Crippen molar-refractivity contribution in [3.05, 3.63) is 24.3 Å². The molecule has 0 radical (unpaired) electrons. The molecule has 0 spiro atoms. The van der Waals surface area contributed by atoms with E-state index < -0.39 is 0 Å². The zero-order chi connectivity index (χ0) is 11.7. The smallest absolute Gasteiger partial charge is 0.115 e. The van der Waals surface area contributed by atoms with Crippen LogP contribution in [-0.2, 0) is 0 Å². The van der Waals surface area contributed by atoms with Crippen molar-refractivity contribution in [1.82, 2.24) is 4.90 Å². The SMILES string of the molecule is CCN(CC)CC.Oc1ccc(O)cc1. The van der Waals surface area contributed by atoms with Gasteiger partial charge in [0.25, 0.3) is 0 Å². The summed E-state index contributed by atoms with van der Waals surface area (Å²) < 4.78 is 0. The van der Waals surface area contributed by atoms with E-state index in [1.807, 2.05) is 0 Å². The molecule has 3 heteroatoms. The molecular formula is C12H21NO2. The molecule has 0 aliphatic rings. The Hall–Kier alpha value is -1.22. The number of phenolic OH excluding ortho intramolecular Hbond substituents is 2. The Morgan fingerprint density at radius 1 is 0.800 bits per heavy atom. The lowest BCUT2D eigenvalue weighted by Crippen LogP contribution is -2.21. The molecule has 15 heavy (non-hydrogen) atoms. The molecule has 0 heterocycles. The standard InChI is InChI=1S/C6H15N.C6H6O2/c1-4-7(5-2)6-3;7-5-1-2-6(8)4-3-5/h4-6H2,1-3H3;1-4,7-8H. The van der Waals surface area contributed by atoms with E-state index in [1.165, 1.54) is 43.9 Å². The van der Waals surface area contributed by atoms with Gasteiger partial charge in [0, 0.05) is 0 Å². The van der Waals surface area contributed by atoms with Gasteiger partial charge in [0.15, 0.2) is 0 Å². The Bertz CT molecular complexity index is 216. The maximum atomic E-state index is 8.65. The average molecular weight is 211 g/mol. The maximum absolute atomic E-state index is 8.65. The van der Waals surface area contributed by atoms with Crippen LogP contribution in [0, 0.1) is 0 Å². The van der Waals surface area contributed by atoms with Crippen LogP contribution in [0.2, 0.25) is 0 Å². The molecule has 0 bridgehead atoms. The maximum Gasteiger partial charge on any atom is 0.115 e. The highest BCUT2D eigenvalue weighted by molar-refractivity contribution is 5.28. The Morgan fingerprint density at radius 2 is 1.07 bits per heavy atom. The van der Waals surface area contributed by atoms with E-state index in [1.54, 1.807) is 0 Å². The van der Waals surface area contributed by atoms with Gasteiger partial charge in [-0.2, -0.15) is 0 Å². The van der Waals surface area contributed by atoms with Crippen molar-refractivity contribution in [2.75, 3.05) is 19.6 Å². The minimum atomic E-state index is 0.169. The molecule has 0 aliphatic heterocycles. The third-order valence-electron chi connectivity index (χ3n) is 2.19. The van der Waals surface area contributed by atoms with E-state index in [4.69, 9.17) is 10.2 Å². The highest BCUT2D eigenvalue weighted by Crippen LogP contribution is 2.13.